The van der Waals surface area contributed by atoms with E-state index in [2.05, 4.69) is 19.2 Å². The van der Waals surface area contributed by atoms with Gasteiger partial charge in [0.2, 0.25) is 0 Å². The largest absolute Gasteiger partial charge is 0.314 e. The van der Waals surface area contributed by atoms with E-state index in [1.165, 1.54) is 19.3 Å². The summed E-state index contributed by atoms with van der Waals surface area (Å²) in [5, 5.41) is 3.45. The first-order valence-electron chi connectivity index (χ1n) is 4.60. The van der Waals surface area contributed by atoms with Crippen molar-refractivity contribution in [2.45, 2.75) is 45.6 Å². The normalized spacial score (nSPS) is 12.2. The molecular formula is C9H21Cl2N. The van der Waals surface area contributed by atoms with Crippen LogP contribution in [0.3, 0.4) is 0 Å². The lowest BCUT2D eigenvalue weighted by atomic mass is 10.2. The fraction of sp³-hybridized carbons (Fsp3) is 1.00. The molecule has 0 aromatic rings. The lowest BCUT2D eigenvalue weighted by molar-refractivity contribution is 0.515. The monoisotopic (exact) mass is 213 g/mol. The van der Waals surface area contributed by atoms with E-state index < -0.39 is 0 Å². The van der Waals surface area contributed by atoms with Crippen LogP contribution < -0.4 is 5.32 Å². The highest BCUT2D eigenvalue weighted by Crippen LogP contribution is 1.96. The first kappa shape index (κ1) is 15.0. The van der Waals surface area contributed by atoms with Gasteiger partial charge >= 0.3 is 0 Å². The minimum Gasteiger partial charge on any atom is -0.314 e. The molecule has 0 aromatic heterocycles. The standard InChI is InChI=1S/C9H20ClN.ClH/c1-3-9(2)11-8-6-4-5-7-10;/h9,11H,3-8H2,1-2H3;1H. The zero-order valence-electron chi connectivity index (χ0n) is 8.11. The van der Waals surface area contributed by atoms with Gasteiger partial charge in [-0.2, -0.15) is 0 Å². The van der Waals surface area contributed by atoms with Gasteiger partial charge in [0.25, 0.3) is 0 Å². The molecular weight excluding hydrogens is 193 g/mol. The molecule has 0 radical (unpaired) electrons. The second-order valence-electron chi connectivity index (χ2n) is 3.01. The summed E-state index contributed by atoms with van der Waals surface area (Å²) in [6.07, 6.45) is 4.89. The third-order valence-corrected chi connectivity index (χ3v) is 2.18. The van der Waals surface area contributed by atoms with Gasteiger partial charge in [0.05, 0.1) is 0 Å². The first-order chi connectivity index (χ1) is 5.31. The molecule has 0 fully saturated rings. The van der Waals surface area contributed by atoms with Crippen LogP contribution in [-0.4, -0.2) is 18.5 Å². The van der Waals surface area contributed by atoms with Crippen LogP contribution in [0.4, 0.5) is 0 Å². The summed E-state index contributed by atoms with van der Waals surface area (Å²) in [5.74, 6) is 0.809. The number of halogens is 2. The van der Waals surface area contributed by atoms with E-state index in [0.29, 0.717) is 6.04 Å². The molecule has 1 nitrogen and oxygen atoms in total. The molecule has 1 N–H and O–H groups in total. The SMILES string of the molecule is CCC(C)NCCCCCCl.Cl. The molecule has 3 heteroatoms. The van der Waals surface area contributed by atoms with Crippen LogP contribution in [0.15, 0.2) is 0 Å². The summed E-state index contributed by atoms with van der Waals surface area (Å²) in [4.78, 5) is 0. The number of rotatable bonds is 7. The minimum atomic E-state index is 0. The molecule has 0 spiro atoms. The van der Waals surface area contributed by atoms with Gasteiger partial charge in [-0.1, -0.05) is 13.3 Å². The second-order valence-corrected chi connectivity index (χ2v) is 3.39. The van der Waals surface area contributed by atoms with Crippen molar-refractivity contribution in [3.8, 4) is 0 Å². The minimum absolute atomic E-state index is 0. The van der Waals surface area contributed by atoms with Crippen molar-refractivity contribution < 1.29 is 0 Å². The summed E-state index contributed by atoms with van der Waals surface area (Å²) < 4.78 is 0. The van der Waals surface area contributed by atoms with Crippen LogP contribution in [-0.2, 0) is 0 Å². The first-order valence-corrected chi connectivity index (χ1v) is 5.14. The van der Waals surface area contributed by atoms with Crippen LogP contribution in [0.1, 0.15) is 39.5 Å². The average molecular weight is 214 g/mol. The fourth-order valence-corrected chi connectivity index (χ4v) is 1.08. The van der Waals surface area contributed by atoms with Gasteiger partial charge in [-0.25, -0.2) is 0 Å². The lowest BCUT2D eigenvalue weighted by Crippen LogP contribution is -2.25. The lowest BCUT2D eigenvalue weighted by Gasteiger charge is -2.09. The van der Waals surface area contributed by atoms with Crippen molar-refractivity contribution in [2.75, 3.05) is 12.4 Å². The van der Waals surface area contributed by atoms with Gasteiger partial charge in [0.1, 0.15) is 0 Å². The van der Waals surface area contributed by atoms with Crippen molar-refractivity contribution in [3.05, 3.63) is 0 Å². The van der Waals surface area contributed by atoms with Gasteiger partial charge in [0, 0.05) is 11.9 Å². The van der Waals surface area contributed by atoms with Crippen LogP contribution in [0, 0.1) is 0 Å². The summed E-state index contributed by atoms with van der Waals surface area (Å²) >= 11 is 5.55. The van der Waals surface area contributed by atoms with Crippen molar-refractivity contribution in [2.24, 2.45) is 0 Å². The summed E-state index contributed by atoms with van der Waals surface area (Å²) in [5.41, 5.74) is 0. The van der Waals surface area contributed by atoms with Crippen molar-refractivity contribution in [1.82, 2.24) is 5.32 Å². The molecule has 0 heterocycles. The topological polar surface area (TPSA) is 12.0 Å². The predicted molar refractivity (Wildman–Crippen MR) is 59.6 cm³/mol. The Kier molecular flexibility index (Phi) is 14.5. The number of nitrogens with one attached hydrogen (secondary N) is 1. The molecule has 0 saturated carbocycles. The molecule has 0 aliphatic heterocycles. The molecule has 0 aliphatic carbocycles. The van der Waals surface area contributed by atoms with Gasteiger partial charge < -0.3 is 5.32 Å². The molecule has 0 rings (SSSR count). The van der Waals surface area contributed by atoms with Crippen LogP contribution in [0.2, 0.25) is 0 Å². The van der Waals surface area contributed by atoms with Gasteiger partial charge in [-0.05, 0) is 32.7 Å². The number of hydrogen-bond donors (Lipinski definition) is 1. The maximum absolute atomic E-state index is 5.55. The number of alkyl halides is 1. The van der Waals surface area contributed by atoms with E-state index in [9.17, 15) is 0 Å². The molecule has 0 aliphatic rings. The number of unbranched alkanes of at least 4 members (excludes halogenated alkanes) is 2. The molecule has 1 atom stereocenters. The zero-order valence-corrected chi connectivity index (χ0v) is 9.68. The Morgan fingerprint density at radius 2 is 1.92 bits per heavy atom. The highest BCUT2D eigenvalue weighted by Gasteiger charge is 1.94. The van der Waals surface area contributed by atoms with Gasteiger partial charge in [-0.3, -0.25) is 0 Å². The maximum Gasteiger partial charge on any atom is 0.0223 e. The Labute approximate surface area is 87.7 Å². The number of hydrogen-bond acceptors (Lipinski definition) is 1. The quantitative estimate of drug-likeness (QED) is 0.507. The van der Waals surface area contributed by atoms with E-state index in [0.717, 1.165) is 18.8 Å². The Morgan fingerprint density at radius 3 is 2.42 bits per heavy atom. The molecule has 0 saturated heterocycles. The van der Waals surface area contributed by atoms with Crippen LogP contribution in [0.5, 0.6) is 0 Å². The second kappa shape index (κ2) is 11.5. The van der Waals surface area contributed by atoms with E-state index in [1.54, 1.807) is 0 Å². The summed E-state index contributed by atoms with van der Waals surface area (Å²) in [6.45, 7) is 5.57. The van der Waals surface area contributed by atoms with Crippen molar-refractivity contribution in [1.29, 1.82) is 0 Å². The third-order valence-electron chi connectivity index (χ3n) is 1.92. The smallest absolute Gasteiger partial charge is 0.0223 e. The third kappa shape index (κ3) is 10.5. The highest BCUT2D eigenvalue weighted by atomic mass is 35.5. The van der Waals surface area contributed by atoms with E-state index in [1.807, 2.05) is 0 Å². The Hall–Kier alpha value is 0.540. The molecule has 0 amide bonds. The molecule has 1 unspecified atom stereocenters. The Bertz CT molecular complexity index is 78.9. The highest BCUT2D eigenvalue weighted by molar-refractivity contribution is 6.17. The molecule has 0 aromatic carbocycles. The van der Waals surface area contributed by atoms with Crippen molar-refractivity contribution in [3.63, 3.8) is 0 Å². The zero-order chi connectivity index (χ0) is 8.53. The molecule has 76 valence electrons. The molecule has 0 bridgehead atoms. The fourth-order valence-electron chi connectivity index (χ4n) is 0.889. The summed E-state index contributed by atoms with van der Waals surface area (Å²) in [7, 11) is 0. The van der Waals surface area contributed by atoms with Crippen molar-refractivity contribution >= 4 is 24.0 Å². The van der Waals surface area contributed by atoms with Crippen LogP contribution >= 0.6 is 24.0 Å². The Balaban J connectivity index is 0. The Morgan fingerprint density at radius 1 is 1.25 bits per heavy atom. The van der Waals surface area contributed by atoms with Crippen LogP contribution in [0.25, 0.3) is 0 Å². The summed E-state index contributed by atoms with van der Waals surface area (Å²) in [6, 6.07) is 0.672. The average Bonchev–Trinajstić information content (AvgIpc) is 2.04. The van der Waals surface area contributed by atoms with E-state index in [-0.39, 0.29) is 12.4 Å². The van der Waals surface area contributed by atoms with E-state index in [4.69, 9.17) is 11.6 Å². The molecule has 12 heavy (non-hydrogen) atoms. The predicted octanol–water partition coefficient (Wildman–Crippen LogP) is 3.21. The maximum atomic E-state index is 5.55. The van der Waals surface area contributed by atoms with E-state index >= 15 is 0 Å². The van der Waals surface area contributed by atoms with Gasteiger partial charge in [-0.15, -0.1) is 24.0 Å². The van der Waals surface area contributed by atoms with Gasteiger partial charge in [0.15, 0.2) is 0 Å².